The lowest BCUT2D eigenvalue weighted by Gasteiger charge is -2.31. The molecule has 0 saturated heterocycles. The smallest absolute Gasteiger partial charge is 0.242 e. The molecule has 2 aromatic rings. The molecular formula is C22H25Cl3N2O2. The number of amides is 2. The number of carbonyl (C=O) groups is 2. The fourth-order valence-electron chi connectivity index (χ4n) is 2.77. The fourth-order valence-corrected chi connectivity index (χ4v) is 3.22. The second-order valence-electron chi connectivity index (χ2n) is 7.99. The minimum absolute atomic E-state index is 0.158. The lowest BCUT2D eigenvalue weighted by atomic mass is 10.1. The van der Waals surface area contributed by atoms with Crippen molar-refractivity contribution < 1.29 is 9.59 Å². The van der Waals surface area contributed by atoms with Gasteiger partial charge < -0.3 is 10.2 Å². The van der Waals surface area contributed by atoms with Gasteiger partial charge in [-0.25, -0.2) is 0 Å². The third kappa shape index (κ3) is 7.22. The number of carbonyl (C=O) groups excluding carboxylic acids is 2. The molecule has 0 spiro atoms. The highest BCUT2D eigenvalue weighted by molar-refractivity contribution is 6.42. The third-order valence-electron chi connectivity index (χ3n) is 4.27. The van der Waals surface area contributed by atoms with E-state index >= 15 is 0 Å². The minimum Gasteiger partial charge on any atom is -0.350 e. The third-order valence-corrected chi connectivity index (χ3v) is 5.26. The highest BCUT2D eigenvalue weighted by Crippen LogP contribution is 2.24. The molecule has 156 valence electrons. The summed E-state index contributed by atoms with van der Waals surface area (Å²) in [6.45, 7) is 7.66. The molecule has 0 heterocycles. The summed E-state index contributed by atoms with van der Waals surface area (Å²) >= 11 is 18.0. The van der Waals surface area contributed by atoms with Crippen LogP contribution in [0, 0.1) is 0 Å². The van der Waals surface area contributed by atoms with Crippen LogP contribution in [0.25, 0.3) is 0 Å². The van der Waals surface area contributed by atoms with Crippen LogP contribution in [-0.4, -0.2) is 28.3 Å². The number of hydrogen-bond donors (Lipinski definition) is 1. The van der Waals surface area contributed by atoms with Gasteiger partial charge >= 0.3 is 0 Å². The summed E-state index contributed by atoms with van der Waals surface area (Å²) in [5.41, 5.74) is 1.21. The molecule has 1 N–H and O–H groups in total. The normalized spacial score (nSPS) is 12.4. The van der Waals surface area contributed by atoms with E-state index in [2.05, 4.69) is 5.32 Å². The molecule has 0 fully saturated rings. The van der Waals surface area contributed by atoms with Crippen LogP contribution in [0.1, 0.15) is 38.8 Å². The quantitative estimate of drug-likeness (QED) is 0.623. The maximum Gasteiger partial charge on any atom is 0.242 e. The van der Waals surface area contributed by atoms with Gasteiger partial charge in [-0.3, -0.25) is 9.59 Å². The van der Waals surface area contributed by atoms with Crippen LogP contribution in [0.15, 0.2) is 42.5 Å². The molecule has 2 rings (SSSR count). The fraction of sp³-hybridized carbons (Fsp3) is 0.364. The summed E-state index contributed by atoms with van der Waals surface area (Å²) in [5, 5.41) is 4.38. The molecule has 1 atom stereocenters. The first-order valence-corrected chi connectivity index (χ1v) is 10.4. The van der Waals surface area contributed by atoms with E-state index in [4.69, 9.17) is 34.8 Å². The van der Waals surface area contributed by atoms with E-state index in [0.29, 0.717) is 15.1 Å². The van der Waals surface area contributed by atoms with E-state index in [1.807, 2.05) is 20.8 Å². The van der Waals surface area contributed by atoms with Gasteiger partial charge in [-0.05, 0) is 63.1 Å². The first-order chi connectivity index (χ1) is 13.5. The minimum atomic E-state index is -0.663. The van der Waals surface area contributed by atoms with Crippen molar-refractivity contribution >= 4 is 46.6 Å². The Kier molecular flexibility index (Phi) is 7.98. The lowest BCUT2D eigenvalue weighted by Crippen LogP contribution is -2.52. The highest BCUT2D eigenvalue weighted by Gasteiger charge is 2.28. The molecule has 0 unspecified atom stereocenters. The molecule has 0 bridgehead atoms. The van der Waals surface area contributed by atoms with Crippen molar-refractivity contribution in [2.45, 2.75) is 52.2 Å². The van der Waals surface area contributed by atoms with Gasteiger partial charge in [0.1, 0.15) is 6.04 Å². The monoisotopic (exact) mass is 454 g/mol. The van der Waals surface area contributed by atoms with E-state index in [1.54, 1.807) is 54.3 Å². The zero-order chi connectivity index (χ0) is 21.8. The topological polar surface area (TPSA) is 49.4 Å². The number of rotatable bonds is 6. The van der Waals surface area contributed by atoms with Crippen LogP contribution in [-0.2, 0) is 22.6 Å². The van der Waals surface area contributed by atoms with Crippen molar-refractivity contribution in [2.75, 3.05) is 0 Å². The second kappa shape index (κ2) is 9.84. The largest absolute Gasteiger partial charge is 0.350 e. The van der Waals surface area contributed by atoms with Crippen molar-refractivity contribution in [3.8, 4) is 0 Å². The number of halogens is 3. The van der Waals surface area contributed by atoms with Gasteiger partial charge in [-0.1, -0.05) is 53.0 Å². The first-order valence-electron chi connectivity index (χ1n) is 9.26. The number of nitrogens with zero attached hydrogens (tertiary/aromatic N) is 1. The Morgan fingerprint density at radius 3 is 2.10 bits per heavy atom. The molecule has 0 saturated carbocycles. The molecule has 4 nitrogen and oxygen atoms in total. The Bertz CT molecular complexity index is 877. The summed E-state index contributed by atoms with van der Waals surface area (Å²) in [6.07, 6.45) is 0.158. The summed E-state index contributed by atoms with van der Waals surface area (Å²) in [4.78, 5) is 27.4. The van der Waals surface area contributed by atoms with Crippen LogP contribution < -0.4 is 5.32 Å². The Morgan fingerprint density at radius 2 is 1.55 bits per heavy atom. The summed E-state index contributed by atoms with van der Waals surface area (Å²) < 4.78 is 0. The molecule has 0 aliphatic rings. The number of benzene rings is 2. The van der Waals surface area contributed by atoms with Crippen molar-refractivity contribution in [3.05, 3.63) is 68.7 Å². The zero-order valence-electron chi connectivity index (χ0n) is 16.9. The molecule has 0 aliphatic carbocycles. The first kappa shape index (κ1) is 23.5. The van der Waals surface area contributed by atoms with Gasteiger partial charge in [0.2, 0.25) is 11.8 Å². The Morgan fingerprint density at radius 1 is 0.966 bits per heavy atom. The van der Waals surface area contributed by atoms with E-state index in [-0.39, 0.29) is 24.8 Å². The molecule has 2 aromatic carbocycles. The van der Waals surface area contributed by atoms with E-state index in [0.717, 1.165) is 11.1 Å². The molecule has 2 amide bonds. The van der Waals surface area contributed by atoms with Gasteiger partial charge in [0.25, 0.3) is 0 Å². The summed E-state index contributed by atoms with van der Waals surface area (Å²) in [6, 6.07) is 11.6. The number of nitrogens with one attached hydrogen (secondary N) is 1. The van der Waals surface area contributed by atoms with Crippen molar-refractivity contribution in [1.82, 2.24) is 10.2 Å². The van der Waals surface area contributed by atoms with E-state index in [1.165, 1.54) is 0 Å². The predicted molar refractivity (Wildman–Crippen MR) is 120 cm³/mol. The van der Waals surface area contributed by atoms with Crippen molar-refractivity contribution in [3.63, 3.8) is 0 Å². The maximum atomic E-state index is 13.1. The lowest BCUT2D eigenvalue weighted by molar-refractivity contribution is -0.140. The highest BCUT2D eigenvalue weighted by atomic mass is 35.5. The van der Waals surface area contributed by atoms with Gasteiger partial charge in [0.05, 0.1) is 16.5 Å². The summed E-state index contributed by atoms with van der Waals surface area (Å²) in [5.74, 6) is -0.392. The Balaban J connectivity index is 2.27. The number of hydrogen-bond acceptors (Lipinski definition) is 2. The zero-order valence-corrected chi connectivity index (χ0v) is 19.2. The Labute approximate surface area is 187 Å². The molecule has 0 aromatic heterocycles. The van der Waals surface area contributed by atoms with Crippen LogP contribution in [0.3, 0.4) is 0 Å². The van der Waals surface area contributed by atoms with Crippen LogP contribution in [0.4, 0.5) is 0 Å². The van der Waals surface area contributed by atoms with Gasteiger partial charge in [0, 0.05) is 17.1 Å². The van der Waals surface area contributed by atoms with Crippen LogP contribution >= 0.6 is 34.8 Å². The van der Waals surface area contributed by atoms with Crippen LogP contribution in [0.2, 0.25) is 15.1 Å². The van der Waals surface area contributed by atoms with E-state index < -0.39 is 11.6 Å². The molecule has 29 heavy (non-hydrogen) atoms. The molecule has 7 heteroatoms. The SMILES string of the molecule is C[C@H](C(=O)NC(C)(C)C)N(Cc1ccc(Cl)c(Cl)c1)C(=O)Cc1ccc(Cl)cc1. The van der Waals surface area contributed by atoms with E-state index in [9.17, 15) is 9.59 Å². The van der Waals surface area contributed by atoms with Crippen molar-refractivity contribution in [2.24, 2.45) is 0 Å². The molecular weight excluding hydrogens is 431 g/mol. The maximum absolute atomic E-state index is 13.1. The average molecular weight is 456 g/mol. The summed E-state index contributed by atoms with van der Waals surface area (Å²) in [7, 11) is 0. The standard InChI is InChI=1S/C22H25Cl3N2O2/c1-14(21(29)26-22(2,3)4)27(13-16-7-10-18(24)19(25)11-16)20(28)12-15-5-8-17(23)9-6-15/h5-11,14H,12-13H2,1-4H3,(H,26,29)/t14-/m1/s1. The predicted octanol–water partition coefficient (Wildman–Crippen LogP) is 5.52. The van der Waals surface area contributed by atoms with Crippen molar-refractivity contribution in [1.29, 1.82) is 0 Å². The average Bonchev–Trinajstić information content (AvgIpc) is 2.62. The molecule has 0 aliphatic heterocycles. The Hall–Kier alpha value is -1.75. The van der Waals surface area contributed by atoms with Gasteiger partial charge in [0.15, 0.2) is 0 Å². The molecule has 0 radical (unpaired) electrons. The van der Waals surface area contributed by atoms with Crippen LogP contribution in [0.5, 0.6) is 0 Å². The van der Waals surface area contributed by atoms with Gasteiger partial charge in [-0.15, -0.1) is 0 Å². The second-order valence-corrected chi connectivity index (χ2v) is 9.24. The van der Waals surface area contributed by atoms with Gasteiger partial charge in [-0.2, -0.15) is 0 Å².